The summed E-state index contributed by atoms with van der Waals surface area (Å²) in [4.78, 5) is 27.9. The van der Waals surface area contributed by atoms with Crippen molar-refractivity contribution in [2.24, 2.45) is 0 Å². The lowest BCUT2D eigenvalue weighted by Crippen LogP contribution is -2.21. The Kier molecular flexibility index (Phi) is 8.25. The molecule has 0 N–H and O–H groups in total. The van der Waals surface area contributed by atoms with Crippen LogP contribution in [0.2, 0.25) is 10.0 Å². The summed E-state index contributed by atoms with van der Waals surface area (Å²) in [5.74, 6) is -0.418. The second-order valence-corrected chi connectivity index (χ2v) is 11.8. The zero-order chi connectivity index (χ0) is 29.4. The van der Waals surface area contributed by atoms with Crippen molar-refractivity contribution >= 4 is 69.1 Å². The minimum absolute atomic E-state index is 0.0697. The van der Waals surface area contributed by atoms with Crippen molar-refractivity contribution in [1.82, 2.24) is 0 Å². The van der Waals surface area contributed by atoms with E-state index in [0.29, 0.717) is 32.3 Å². The van der Waals surface area contributed by atoms with Crippen LogP contribution in [0.4, 0.5) is 0 Å². The third kappa shape index (κ3) is 5.18. The van der Waals surface area contributed by atoms with Gasteiger partial charge >= 0.3 is 0 Å². The Hall–Kier alpha value is -3.40. The van der Waals surface area contributed by atoms with E-state index in [4.69, 9.17) is 46.4 Å². The van der Waals surface area contributed by atoms with Gasteiger partial charge < -0.3 is 0 Å². The number of rotatable bonds is 6. The monoisotopic (exact) mass is 628 g/mol. The predicted molar refractivity (Wildman–Crippen MR) is 174 cm³/mol. The summed E-state index contributed by atoms with van der Waals surface area (Å²) in [5, 5.41) is 1.22. The van der Waals surface area contributed by atoms with E-state index >= 15 is 0 Å². The molecular weight excluding hydrogens is 606 g/mol. The lowest BCUT2D eigenvalue weighted by atomic mass is 9.74. The van der Waals surface area contributed by atoms with Crippen molar-refractivity contribution in [1.29, 1.82) is 0 Å². The fourth-order valence-corrected chi connectivity index (χ4v) is 6.74. The van der Waals surface area contributed by atoms with E-state index in [1.807, 2.05) is 84.9 Å². The number of allylic oxidation sites excluding steroid dienone is 6. The van der Waals surface area contributed by atoms with Crippen LogP contribution in [0.1, 0.15) is 54.8 Å². The third-order valence-corrected chi connectivity index (χ3v) is 9.06. The van der Waals surface area contributed by atoms with Crippen molar-refractivity contribution < 1.29 is 9.59 Å². The third-order valence-electron chi connectivity index (χ3n) is 7.94. The van der Waals surface area contributed by atoms with E-state index in [0.717, 1.165) is 33.4 Å². The highest BCUT2D eigenvalue weighted by atomic mass is 35.5. The van der Waals surface area contributed by atoms with E-state index in [1.165, 1.54) is 0 Å². The summed E-state index contributed by atoms with van der Waals surface area (Å²) in [6, 6.07) is 30.0. The van der Waals surface area contributed by atoms with Gasteiger partial charge in [0.25, 0.3) is 0 Å². The zero-order valence-electron chi connectivity index (χ0n) is 22.3. The maximum Gasteiger partial charge on any atom is 0.190 e. The normalized spacial score (nSPS) is 17.6. The SMILES string of the molecule is O=C1C(C(CCl)c2ccc(Cl)cc2)=C/C(=C2/C=C(C(CCl)c3ccc(Cl)cc3)C(=O)c3ccccc32)c2ccccc21. The predicted octanol–water partition coefficient (Wildman–Crippen LogP) is 10.2. The number of halogens is 4. The highest BCUT2D eigenvalue weighted by molar-refractivity contribution is 6.31. The van der Waals surface area contributed by atoms with Crippen LogP contribution in [0, 0.1) is 0 Å². The Bertz CT molecular complexity index is 1660. The van der Waals surface area contributed by atoms with Gasteiger partial charge in [0.2, 0.25) is 0 Å². The van der Waals surface area contributed by atoms with Crippen LogP contribution in [-0.2, 0) is 0 Å². The number of benzene rings is 4. The minimum atomic E-state index is -0.353. The number of Topliss-reactive ketones (excluding diaryl/α,β-unsaturated/α-hetero) is 2. The minimum Gasteiger partial charge on any atom is -0.289 e. The van der Waals surface area contributed by atoms with Crippen LogP contribution in [0.25, 0.3) is 11.1 Å². The van der Waals surface area contributed by atoms with E-state index in [2.05, 4.69) is 0 Å². The van der Waals surface area contributed by atoms with Crippen molar-refractivity contribution in [2.45, 2.75) is 11.8 Å². The quantitative estimate of drug-likeness (QED) is 0.199. The van der Waals surface area contributed by atoms with Gasteiger partial charge in [0.15, 0.2) is 11.6 Å². The number of hydrogen-bond acceptors (Lipinski definition) is 2. The molecule has 4 aromatic rings. The molecule has 0 bridgehead atoms. The van der Waals surface area contributed by atoms with Crippen LogP contribution in [0.15, 0.2) is 120 Å². The molecule has 6 rings (SSSR count). The Balaban J connectivity index is 1.62. The number of fused-ring (bicyclic) bond motifs is 2. The van der Waals surface area contributed by atoms with E-state index in [1.54, 1.807) is 24.3 Å². The molecule has 0 heterocycles. The van der Waals surface area contributed by atoms with E-state index in [9.17, 15) is 9.59 Å². The molecule has 0 aromatic heterocycles. The second-order valence-electron chi connectivity index (χ2n) is 10.3. The Morgan fingerprint density at radius 2 is 0.810 bits per heavy atom. The lowest BCUT2D eigenvalue weighted by Gasteiger charge is -2.28. The van der Waals surface area contributed by atoms with Gasteiger partial charge in [0.05, 0.1) is 0 Å². The molecule has 4 aromatic carbocycles. The number of ketones is 2. The van der Waals surface area contributed by atoms with Crippen LogP contribution in [0.5, 0.6) is 0 Å². The van der Waals surface area contributed by atoms with Crippen molar-refractivity contribution in [3.8, 4) is 0 Å². The van der Waals surface area contributed by atoms with Gasteiger partial charge in [-0.15, -0.1) is 23.2 Å². The van der Waals surface area contributed by atoms with Gasteiger partial charge in [-0.05, 0) is 69.8 Å². The lowest BCUT2D eigenvalue weighted by molar-refractivity contribution is 0.101. The van der Waals surface area contributed by atoms with Gasteiger partial charge in [0, 0.05) is 55.9 Å². The Labute approximate surface area is 264 Å². The smallest absolute Gasteiger partial charge is 0.190 e. The molecule has 0 saturated carbocycles. The number of carbonyl (C=O) groups excluding carboxylic acids is 2. The summed E-state index contributed by atoms with van der Waals surface area (Å²) in [5.41, 5.74) is 7.48. The fourth-order valence-electron chi connectivity index (χ4n) is 5.80. The van der Waals surface area contributed by atoms with Gasteiger partial charge in [-0.3, -0.25) is 9.59 Å². The molecule has 0 saturated heterocycles. The highest BCUT2D eigenvalue weighted by Crippen LogP contribution is 2.45. The topological polar surface area (TPSA) is 34.1 Å². The summed E-state index contributed by atoms with van der Waals surface area (Å²) >= 11 is 25.4. The van der Waals surface area contributed by atoms with Crippen LogP contribution >= 0.6 is 46.4 Å². The van der Waals surface area contributed by atoms with Gasteiger partial charge in [0.1, 0.15) is 0 Å². The molecule has 42 heavy (non-hydrogen) atoms. The van der Waals surface area contributed by atoms with Crippen LogP contribution < -0.4 is 0 Å². The number of alkyl halides is 2. The molecule has 2 nitrogen and oxygen atoms in total. The summed E-state index contributed by atoms with van der Waals surface area (Å²) < 4.78 is 0. The molecule has 208 valence electrons. The molecule has 2 aliphatic rings. The average Bonchev–Trinajstić information content (AvgIpc) is 3.02. The molecule has 0 aliphatic heterocycles. The van der Waals surface area contributed by atoms with Crippen LogP contribution in [-0.4, -0.2) is 23.3 Å². The Morgan fingerprint density at radius 3 is 1.14 bits per heavy atom. The van der Waals surface area contributed by atoms with Crippen molar-refractivity contribution in [3.63, 3.8) is 0 Å². The van der Waals surface area contributed by atoms with Gasteiger partial charge in [-0.2, -0.15) is 0 Å². The first-order valence-electron chi connectivity index (χ1n) is 13.5. The first kappa shape index (κ1) is 28.7. The van der Waals surface area contributed by atoms with Gasteiger partial charge in [-0.1, -0.05) is 96.0 Å². The zero-order valence-corrected chi connectivity index (χ0v) is 25.3. The summed E-state index contributed by atoms with van der Waals surface area (Å²) in [6.45, 7) is 0. The first-order valence-corrected chi connectivity index (χ1v) is 15.3. The highest BCUT2D eigenvalue weighted by Gasteiger charge is 2.34. The molecule has 0 radical (unpaired) electrons. The maximum atomic E-state index is 13.9. The van der Waals surface area contributed by atoms with Crippen molar-refractivity contribution in [3.05, 3.63) is 164 Å². The second kappa shape index (κ2) is 12.1. The first-order chi connectivity index (χ1) is 20.4. The van der Waals surface area contributed by atoms with Gasteiger partial charge in [-0.25, -0.2) is 0 Å². The van der Waals surface area contributed by atoms with Crippen LogP contribution in [0.3, 0.4) is 0 Å². The van der Waals surface area contributed by atoms with E-state index < -0.39 is 0 Å². The molecule has 2 atom stereocenters. The standard InChI is InChI=1S/C36H24Cl4O2/c37-19-33(21-9-13-23(39)14-10-21)31-17-29(25-5-1-3-7-27(25)35(31)41)30-18-32(36(42)28-8-4-2-6-26(28)30)34(20-38)22-11-15-24(40)16-12-22/h1-18,33-34H,19-20H2/b30-29+. The molecule has 2 aliphatic carbocycles. The molecule has 2 unspecified atom stereocenters. The summed E-state index contributed by atoms with van der Waals surface area (Å²) in [6.07, 6.45) is 3.89. The largest absolute Gasteiger partial charge is 0.289 e. The molecule has 0 amide bonds. The molecule has 0 fully saturated rings. The fraction of sp³-hybridized carbons (Fsp3) is 0.111. The number of carbonyl (C=O) groups is 2. The molecule has 6 heteroatoms. The Morgan fingerprint density at radius 1 is 0.476 bits per heavy atom. The maximum absolute atomic E-state index is 13.9. The molecule has 0 spiro atoms. The summed E-state index contributed by atoms with van der Waals surface area (Å²) in [7, 11) is 0. The average molecular weight is 630 g/mol. The van der Waals surface area contributed by atoms with Crippen molar-refractivity contribution in [2.75, 3.05) is 11.8 Å². The molecular formula is C36H24Cl4O2. The van der Waals surface area contributed by atoms with E-state index in [-0.39, 0.29) is 35.2 Å². The number of hydrogen-bond donors (Lipinski definition) is 0.